The van der Waals surface area contributed by atoms with E-state index in [1.807, 2.05) is 54.6 Å². The van der Waals surface area contributed by atoms with Crippen molar-refractivity contribution < 1.29 is 9.53 Å². The second kappa shape index (κ2) is 10.4. The number of carbonyl (C=O) groups excluding carboxylic acids is 1. The molecule has 1 atom stereocenters. The maximum Gasteiger partial charge on any atom is 0.275 e. The molecule has 1 unspecified atom stereocenters. The van der Waals surface area contributed by atoms with Crippen molar-refractivity contribution in [1.29, 1.82) is 0 Å². The highest BCUT2D eigenvalue weighted by Gasteiger charge is 2.26. The Hall–Kier alpha value is -3.45. The van der Waals surface area contributed by atoms with Crippen LogP contribution in [0.25, 0.3) is 5.69 Å². The Morgan fingerprint density at radius 2 is 1.76 bits per heavy atom. The summed E-state index contributed by atoms with van der Waals surface area (Å²) >= 11 is 0. The maximum atomic E-state index is 13.1. The third kappa shape index (κ3) is 5.14. The third-order valence-electron chi connectivity index (χ3n) is 6.11. The van der Waals surface area contributed by atoms with Gasteiger partial charge in [-0.2, -0.15) is 5.10 Å². The Labute approximate surface area is 194 Å². The number of hydrogen-bond acceptors (Lipinski definition) is 5. The highest BCUT2D eigenvalue weighted by molar-refractivity contribution is 5.92. The van der Waals surface area contributed by atoms with Crippen LogP contribution in [0.4, 0.5) is 0 Å². The van der Waals surface area contributed by atoms with Crippen molar-refractivity contribution in [3.63, 3.8) is 0 Å². The number of carbonyl (C=O) groups is 1. The summed E-state index contributed by atoms with van der Waals surface area (Å²) in [4.78, 5) is 28.1. The van der Waals surface area contributed by atoms with Gasteiger partial charge in [-0.1, -0.05) is 42.8 Å². The summed E-state index contributed by atoms with van der Waals surface area (Å²) in [7, 11) is 1.66. The van der Waals surface area contributed by atoms with Crippen molar-refractivity contribution in [1.82, 2.24) is 20.0 Å². The summed E-state index contributed by atoms with van der Waals surface area (Å²) in [6, 6.07) is 18.8. The summed E-state index contributed by atoms with van der Waals surface area (Å²) in [5.41, 5.74) is 2.00. The van der Waals surface area contributed by atoms with Gasteiger partial charge in [-0.3, -0.25) is 14.5 Å². The summed E-state index contributed by atoms with van der Waals surface area (Å²) < 4.78 is 7.22. The molecule has 0 radical (unpaired) electrons. The average molecular weight is 447 g/mol. The number of aromatic nitrogens is 2. The lowest BCUT2D eigenvalue weighted by atomic mass is 10.0. The molecular weight excluding hydrogens is 416 g/mol. The summed E-state index contributed by atoms with van der Waals surface area (Å²) in [5, 5.41) is 7.37. The zero-order valence-electron chi connectivity index (χ0n) is 19.2. The third-order valence-corrected chi connectivity index (χ3v) is 6.11. The number of nitrogens with zero attached hydrogens (tertiary/aromatic N) is 3. The first-order valence-electron chi connectivity index (χ1n) is 11.4. The number of hydrogen-bond donors (Lipinski definition) is 1. The Morgan fingerprint density at radius 3 is 2.48 bits per heavy atom. The van der Waals surface area contributed by atoms with Crippen LogP contribution in [0.15, 0.2) is 65.5 Å². The Morgan fingerprint density at radius 1 is 1.06 bits per heavy atom. The Kier molecular flexibility index (Phi) is 7.19. The molecule has 33 heavy (non-hydrogen) atoms. The molecule has 3 aromatic rings. The van der Waals surface area contributed by atoms with Gasteiger partial charge >= 0.3 is 0 Å². The largest absolute Gasteiger partial charge is 0.496 e. The van der Waals surface area contributed by atoms with Gasteiger partial charge in [-0.15, -0.1) is 0 Å². The Balaban J connectivity index is 1.59. The molecule has 0 spiro atoms. The van der Waals surface area contributed by atoms with Gasteiger partial charge in [-0.05, 0) is 51.1 Å². The van der Waals surface area contributed by atoms with Gasteiger partial charge in [-0.25, -0.2) is 4.68 Å². The lowest BCUT2D eigenvalue weighted by molar-refractivity contribution is 0.0915. The van der Waals surface area contributed by atoms with Gasteiger partial charge in [0.05, 0.1) is 18.8 Å². The normalized spacial score (nSPS) is 15.1. The molecule has 1 aliphatic heterocycles. The molecule has 1 N–H and O–H groups in total. The molecule has 1 fully saturated rings. The van der Waals surface area contributed by atoms with E-state index in [1.54, 1.807) is 18.7 Å². The van der Waals surface area contributed by atoms with Crippen LogP contribution in [0.2, 0.25) is 0 Å². The van der Waals surface area contributed by atoms with Crippen molar-refractivity contribution >= 4 is 5.91 Å². The van der Waals surface area contributed by atoms with Crippen LogP contribution in [0.1, 0.15) is 47.1 Å². The minimum Gasteiger partial charge on any atom is -0.496 e. The molecule has 1 aliphatic rings. The highest BCUT2D eigenvalue weighted by Crippen LogP contribution is 2.30. The molecule has 172 valence electrons. The monoisotopic (exact) mass is 446 g/mol. The van der Waals surface area contributed by atoms with Gasteiger partial charge in [0.15, 0.2) is 5.69 Å². The molecule has 7 nitrogen and oxygen atoms in total. The van der Waals surface area contributed by atoms with Gasteiger partial charge in [0.1, 0.15) is 5.75 Å². The van der Waals surface area contributed by atoms with Crippen LogP contribution in [-0.2, 0) is 0 Å². The van der Waals surface area contributed by atoms with Crippen LogP contribution < -0.4 is 15.5 Å². The quantitative estimate of drug-likeness (QED) is 0.601. The lowest BCUT2D eigenvalue weighted by Gasteiger charge is -2.35. The topological polar surface area (TPSA) is 76.5 Å². The van der Waals surface area contributed by atoms with Gasteiger partial charge in [0, 0.05) is 23.9 Å². The van der Waals surface area contributed by atoms with Gasteiger partial charge in [0.2, 0.25) is 5.43 Å². The van der Waals surface area contributed by atoms with Crippen molar-refractivity contribution in [2.45, 2.75) is 32.2 Å². The number of methoxy groups -OCH3 is 1. The van der Waals surface area contributed by atoms with E-state index < -0.39 is 5.91 Å². The van der Waals surface area contributed by atoms with Crippen molar-refractivity contribution in [3.8, 4) is 11.4 Å². The summed E-state index contributed by atoms with van der Waals surface area (Å²) in [6.07, 6.45) is 3.47. The number of ether oxygens (including phenoxy) is 1. The van der Waals surface area contributed by atoms with Crippen molar-refractivity contribution in [2.75, 3.05) is 26.7 Å². The number of piperidine rings is 1. The van der Waals surface area contributed by atoms with E-state index in [1.165, 1.54) is 12.5 Å². The second-order valence-corrected chi connectivity index (χ2v) is 8.31. The molecule has 2 heterocycles. The predicted molar refractivity (Wildman–Crippen MR) is 128 cm³/mol. The van der Waals surface area contributed by atoms with Crippen LogP contribution in [0.5, 0.6) is 5.75 Å². The number of rotatable bonds is 7. The summed E-state index contributed by atoms with van der Waals surface area (Å²) in [6.45, 7) is 4.08. The first-order chi connectivity index (χ1) is 16.1. The van der Waals surface area contributed by atoms with E-state index >= 15 is 0 Å². The molecule has 4 rings (SSSR count). The fourth-order valence-corrected chi connectivity index (χ4v) is 4.42. The molecule has 2 aromatic carbocycles. The average Bonchev–Trinajstić information content (AvgIpc) is 2.85. The molecule has 0 aliphatic carbocycles. The molecule has 1 amide bonds. The zero-order valence-corrected chi connectivity index (χ0v) is 19.2. The van der Waals surface area contributed by atoms with E-state index in [2.05, 4.69) is 15.3 Å². The smallest absolute Gasteiger partial charge is 0.275 e. The van der Waals surface area contributed by atoms with Crippen LogP contribution in [0.3, 0.4) is 0 Å². The van der Waals surface area contributed by atoms with Gasteiger partial charge in [0.25, 0.3) is 5.91 Å². The van der Waals surface area contributed by atoms with Gasteiger partial charge < -0.3 is 10.1 Å². The lowest BCUT2D eigenvalue weighted by Crippen LogP contribution is -2.42. The van der Waals surface area contributed by atoms with Crippen molar-refractivity contribution in [2.24, 2.45) is 0 Å². The zero-order chi connectivity index (χ0) is 23.2. The maximum absolute atomic E-state index is 13.1. The summed E-state index contributed by atoms with van der Waals surface area (Å²) in [5.74, 6) is 0.323. The molecular formula is C26H30N4O3. The number of nitrogens with one attached hydrogen (secondary N) is 1. The molecule has 1 aromatic heterocycles. The first-order valence-corrected chi connectivity index (χ1v) is 11.4. The second-order valence-electron chi connectivity index (χ2n) is 8.31. The fraction of sp³-hybridized carbons (Fsp3) is 0.346. The van der Waals surface area contributed by atoms with Crippen LogP contribution >= 0.6 is 0 Å². The molecule has 0 bridgehead atoms. The minimum atomic E-state index is -0.471. The molecule has 1 saturated heterocycles. The van der Waals surface area contributed by atoms with E-state index in [0.717, 1.165) is 42.9 Å². The van der Waals surface area contributed by atoms with Crippen molar-refractivity contribution in [3.05, 3.63) is 87.8 Å². The highest BCUT2D eigenvalue weighted by atomic mass is 16.5. The molecule has 0 saturated carbocycles. The minimum absolute atomic E-state index is 0.0489. The first kappa shape index (κ1) is 22.7. The van der Waals surface area contributed by atoms with E-state index in [0.29, 0.717) is 12.2 Å². The number of benzene rings is 2. The van der Waals surface area contributed by atoms with E-state index in [-0.39, 0.29) is 17.2 Å². The van der Waals surface area contributed by atoms with Crippen LogP contribution in [0, 0.1) is 6.92 Å². The number of aryl methyl sites for hydroxylation is 1. The predicted octanol–water partition coefficient (Wildman–Crippen LogP) is 3.51. The standard InChI is InChI=1S/C26H30N4O3/c1-19-17-23(31)25(28-30(19)20-11-5-3-6-12-20)26(32)27-18-22(29-15-9-4-10-16-29)21-13-7-8-14-24(21)33-2/h3,5-8,11-14,17,22H,4,9-10,15-16,18H2,1-2H3,(H,27,32). The van der Waals surface area contributed by atoms with E-state index in [9.17, 15) is 9.59 Å². The van der Waals surface area contributed by atoms with Crippen LogP contribution in [-0.4, -0.2) is 47.3 Å². The fourth-order valence-electron chi connectivity index (χ4n) is 4.42. The molecule has 7 heteroatoms. The SMILES string of the molecule is COc1ccccc1C(CNC(=O)c1nn(-c2ccccc2)c(C)cc1=O)N1CCCCC1. The Bertz CT molecular complexity index is 1150. The van der Waals surface area contributed by atoms with E-state index in [4.69, 9.17) is 4.74 Å². The number of likely N-dealkylation sites (tertiary alicyclic amines) is 1. The number of amides is 1. The number of para-hydroxylation sites is 2.